The van der Waals surface area contributed by atoms with Gasteiger partial charge >= 0.3 is 11.5 Å². The zero-order valence-corrected chi connectivity index (χ0v) is 14.3. The van der Waals surface area contributed by atoms with Crippen LogP contribution in [-0.4, -0.2) is 59.5 Å². The second-order valence-electron chi connectivity index (χ2n) is 5.25. The first-order chi connectivity index (χ1) is 9.51. The van der Waals surface area contributed by atoms with Gasteiger partial charge in [-0.3, -0.25) is 9.28 Å². The van der Waals surface area contributed by atoms with Crippen LogP contribution in [0.2, 0.25) is 0 Å². The second-order valence-corrected chi connectivity index (χ2v) is 8.03. The van der Waals surface area contributed by atoms with Crippen molar-refractivity contribution in [2.24, 2.45) is 0 Å². The first kappa shape index (κ1) is 21.1. The Balaban J connectivity index is 0.000000472. The zero-order chi connectivity index (χ0) is 18.0. The van der Waals surface area contributed by atoms with Gasteiger partial charge in [-0.25, -0.2) is 8.42 Å². The standard InChI is InChI=1S/C10H14BrNO2.CHF3O3S/c1-12(2,3)8-4-6-10(11,7-5-8)9(13)14;2-1(3,4)8(5,6)7/h4-6H,7H2,1-3H3;(H,5,6,7). The third kappa shape index (κ3) is 6.07. The van der Waals surface area contributed by atoms with Crippen molar-refractivity contribution in [1.82, 2.24) is 0 Å². The van der Waals surface area contributed by atoms with Gasteiger partial charge in [0.2, 0.25) is 0 Å². The Morgan fingerprint density at radius 2 is 1.82 bits per heavy atom. The molecule has 1 aliphatic carbocycles. The lowest BCUT2D eigenvalue weighted by atomic mass is 9.98. The zero-order valence-electron chi connectivity index (χ0n) is 11.9. The third-order valence-electron chi connectivity index (χ3n) is 2.54. The van der Waals surface area contributed by atoms with Gasteiger partial charge in [0.05, 0.1) is 21.1 Å². The van der Waals surface area contributed by atoms with Crippen LogP contribution in [0.5, 0.6) is 0 Å². The number of hydrogen-bond donors (Lipinski definition) is 1. The van der Waals surface area contributed by atoms with E-state index >= 15 is 0 Å². The van der Waals surface area contributed by atoms with Crippen molar-refractivity contribution in [3.05, 3.63) is 23.9 Å². The second kappa shape index (κ2) is 6.69. The van der Waals surface area contributed by atoms with Crippen LogP contribution in [0.1, 0.15) is 6.42 Å². The van der Waals surface area contributed by atoms with Gasteiger partial charge < -0.3 is 9.66 Å². The molecule has 1 unspecified atom stereocenters. The van der Waals surface area contributed by atoms with Crippen molar-refractivity contribution >= 4 is 32.0 Å². The van der Waals surface area contributed by atoms with E-state index in [1.165, 1.54) is 0 Å². The topological polar surface area (TPSA) is 94.5 Å². The van der Waals surface area contributed by atoms with E-state index < -0.39 is 25.9 Å². The van der Waals surface area contributed by atoms with Crippen molar-refractivity contribution in [3.63, 3.8) is 0 Å². The molecule has 0 bridgehead atoms. The first-order valence-corrected chi connectivity index (χ1v) is 7.87. The average Bonchev–Trinajstić information content (AvgIpc) is 2.26. The van der Waals surface area contributed by atoms with Crippen molar-refractivity contribution in [1.29, 1.82) is 0 Å². The summed E-state index contributed by atoms with van der Waals surface area (Å²) in [7, 11) is 0.0709. The summed E-state index contributed by atoms with van der Waals surface area (Å²) >= 11 is 3.22. The van der Waals surface area contributed by atoms with Crippen LogP contribution >= 0.6 is 15.9 Å². The molecule has 1 aliphatic rings. The number of alkyl halides is 4. The summed E-state index contributed by atoms with van der Waals surface area (Å²) in [5.41, 5.74) is -4.52. The fourth-order valence-corrected chi connectivity index (χ4v) is 1.56. The van der Waals surface area contributed by atoms with Gasteiger partial charge in [-0.2, -0.15) is 13.2 Å². The van der Waals surface area contributed by atoms with E-state index in [-0.39, 0.29) is 0 Å². The van der Waals surface area contributed by atoms with E-state index in [4.69, 9.17) is 18.1 Å². The Bertz CT molecular complexity index is 592. The molecule has 1 N–H and O–H groups in total. The van der Waals surface area contributed by atoms with Gasteiger partial charge in [-0.1, -0.05) is 22.0 Å². The van der Waals surface area contributed by atoms with Crippen molar-refractivity contribution in [2.45, 2.75) is 16.3 Å². The highest BCUT2D eigenvalue weighted by Gasteiger charge is 2.37. The molecule has 0 fully saturated rings. The van der Waals surface area contributed by atoms with Crippen LogP contribution in [-0.2, 0) is 14.9 Å². The molecule has 0 aliphatic heterocycles. The van der Waals surface area contributed by atoms with Crippen LogP contribution in [0.3, 0.4) is 0 Å². The van der Waals surface area contributed by atoms with Gasteiger partial charge in [0.15, 0.2) is 10.1 Å². The van der Waals surface area contributed by atoms with Gasteiger partial charge in [-0.05, 0) is 12.2 Å². The molecule has 22 heavy (non-hydrogen) atoms. The molecule has 6 nitrogen and oxygen atoms in total. The van der Waals surface area contributed by atoms with E-state index in [0.717, 1.165) is 5.70 Å². The molecule has 1 rings (SSSR count). The van der Waals surface area contributed by atoms with Crippen LogP contribution in [0, 0.1) is 0 Å². The molecular weight excluding hydrogens is 395 g/mol. The maximum absolute atomic E-state index is 10.9. The molecule has 0 aromatic rings. The van der Waals surface area contributed by atoms with Crippen molar-refractivity contribution in [2.75, 3.05) is 21.1 Å². The Kier molecular flexibility index (Phi) is 6.41. The smallest absolute Gasteiger partial charge is 0.485 e. The minimum absolute atomic E-state index is 0.490. The lowest BCUT2D eigenvalue weighted by Crippen LogP contribution is -2.36. The fourth-order valence-electron chi connectivity index (χ4n) is 1.26. The quantitative estimate of drug-likeness (QED) is 0.324. The summed E-state index contributed by atoms with van der Waals surface area (Å²) in [6, 6.07) is 0. The fraction of sp³-hybridized carbons (Fsp3) is 0.545. The predicted octanol–water partition coefficient (Wildman–Crippen LogP) is 1.81. The number of carbonyl (C=O) groups is 1. The Morgan fingerprint density at radius 3 is 2.00 bits per heavy atom. The number of hydrogen-bond acceptors (Lipinski definition) is 4. The van der Waals surface area contributed by atoms with Gasteiger partial charge in [-0.15, -0.1) is 0 Å². The highest BCUT2D eigenvalue weighted by molar-refractivity contribution is 9.10. The largest absolute Gasteiger partial charge is 0.741 e. The molecule has 0 radical (unpaired) electrons. The first-order valence-electron chi connectivity index (χ1n) is 5.66. The number of nitrogens with zero attached hydrogens (tertiary/aromatic N) is 1. The molecule has 0 saturated heterocycles. The minimum Gasteiger partial charge on any atom is -0.741 e. The predicted molar refractivity (Wildman–Crippen MR) is 74.9 cm³/mol. The highest BCUT2D eigenvalue weighted by Crippen LogP contribution is 2.31. The lowest BCUT2D eigenvalue weighted by Gasteiger charge is -2.29. The Labute approximate surface area is 134 Å². The number of carboxylic acids is 1. The number of allylic oxidation sites excluding steroid dienone is 2. The molecule has 0 aromatic heterocycles. The summed E-state index contributed by atoms with van der Waals surface area (Å²) in [6.45, 7) is 0. The SMILES string of the molecule is C[N+](C)(C)C1=CCC(Br)(C(=O)O)C=C1.O=S(=O)([O-])C(F)(F)F. The van der Waals surface area contributed by atoms with Crippen molar-refractivity contribution in [3.8, 4) is 0 Å². The Hall–Kier alpha value is -0.910. The number of carboxylic acid groups (broad SMARTS) is 1. The summed E-state index contributed by atoms with van der Waals surface area (Å²) in [5.74, 6) is -0.842. The lowest BCUT2D eigenvalue weighted by molar-refractivity contribution is -0.828. The van der Waals surface area contributed by atoms with Crippen LogP contribution in [0.15, 0.2) is 23.9 Å². The van der Waals surface area contributed by atoms with E-state index in [2.05, 4.69) is 37.1 Å². The number of aliphatic carboxylic acids is 1. The molecule has 11 heteroatoms. The molecular formula is C11H15BrF3NO5S. The molecule has 0 saturated carbocycles. The number of likely N-dealkylation sites (N-methyl/N-ethyl adjacent to an activating group) is 1. The van der Waals surface area contributed by atoms with E-state index in [1.807, 2.05) is 12.2 Å². The third-order valence-corrected chi connectivity index (χ3v) is 4.03. The summed E-state index contributed by atoms with van der Waals surface area (Å²) in [5, 5.41) is 8.95. The normalized spacial score (nSPS) is 22.5. The maximum atomic E-state index is 10.9. The van der Waals surface area contributed by atoms with Crippen LogP contribution in [0.25, 0.3) is 0 Å². The van der Waals surface area contributed by atoms with E-state index in [0.29, 0.717) is 10.9 Å². The van der Waals surface area contributed by atoms with Crippen molar-refractivity contribution < 1.29 is 40.5 Å². The number of halogens is 4. The molecule has 128 valence electrons. The Morgan fingerprint density at radius 1 is 1.41 bits per heavy atom. The number of quaternary nitrogens is 1. The van der Waals surface area contributed by atoms with Crippen LogP contribution < -0.4 is 0 Å². The highest BCUT2D eigenvalue weighted by atomic mass is 79.9. The summed E-state index contributed by atoms with van der Waals surface area (Å²) in [4.78, 5) is 10.9. The minimum atomic E-state index is -6.09. The molecule has 0 amide bonds. The summed E-state index contributed by atoms with van der Waals surface area (Å²) in [6.07, 6.45) is 6.02. The maximum Gasteiger partial charge on any atom is 0.485 e. The molecule has 0 aromatic carbocycles. The molecule has 1 atom stereocenters. The van der Waals surface area contributed by atoms with E-state index in [9.17, 15) is 18.0 Å². The molecule has 0 heterocycles. The van der Waals surface area contributed by atoms with E-state index in [1.54, 1.807) is 6.08 Å². The summed E-state index contributed by atoms with van der Waals surface area (Å²) < 4.78 is 58.7. The molecule has 0 spiro atoms. The monoisotopic (exact) mass is 409 g/mol. The van der Waals surface area contributed by atoms with Gasteiger partial charge in [0.1, 0.15) is 10.0 Å². The van der Waals surface area contributed by atoms with Crippen LogP contribution in [0.4, 0.5) is 13.2 Å². The van der Waals surface area contributed by atoms with Gasteiger partial charge in [0.25, 0.3) is 0 Å². The number of rotatable bonds is 2. The average molecular weight is 410 g/mol. The van der Waals surface area contributed by atoms with Gasteiger partial charge in [0, 0.05) is 6.42 Å².